The molecule has 2 aromatic carbocycles. The Bertz CT molecular complexity index is 945. The van der Waals surface area contributed by atoms with Crippen LogP contribution in [0, 0.1) is 6.92 Å². The van der Waals surface area contributed by atoms with E-state index in [2.05, 4.69) is 20.6 Å². The van der Waals surface area contributed by atoms with Crippen molar-refractivity contribution >= 4 is 34.7 Å². The molecule has 0 aliphatic rings. The van der Waals surface area contributed by atoms with Gasteiger partial charge in [-0.1, -0.05) is 23.7 Å². The van der Waals surface area contributed by atoms with E-state index in [0.717, 1.165) is 5.69 Å². The number of para-hydroxylation sites is 2. The Balaban J connectivity index is 1.82. The van der Waals surface area contributed by atoms with Gasteiger partial charge in [-0.15, -0.1) is 0 Å². The van der Waals surface area contributed by atoms with Gasteiger partial charge in [-0.2, -0.15) is 0 Å². The Labute approximate surface area is 162 Å². The van der Waals surface area contributed by atoms with Crippen LogP contribution in [0.3, 0.4) is 0 Å². The van der Waals surface area contributed by atoms with Crippen molar-refractivity contribution in [3.05, 3.63) is 71.1 Å². The van der Waals surface area contributed by atoms with Crippen molar-refractivity contribution in [1.29, 1.82) is 0 Å². The number of halogens is 1. The summed E-state index contributed by atoms with van der Waals surface area (Å²) in [6.45, 7) is 4.21. The van der Waals surface area contributed by atoms with E-state index in [1.54, 1.807) is 37.3 Å². The summed E-state index contributed by atoms with van der Waals surface area (Å²) in [6, 6.07) is 16.0. The first-order valence-corrected chi connectivity index (χ1v) is 8.84. The van der Waals surface area contributed by atoms with Crippen molar-refractivity contribution in [2.24, 2.45) is 0 Å². The quantitative estimate of drug-likeness (QED) is 0.638. The van der Waals surface area contributed by atoms with E-state index >= 15 is 0 Å². The number of ether oxygens (including phenoxy) is 1. The Morgan fingerprint density at radius 3 is 2.59 bits per heavy atom. The van der Waals surface area contributed by atoms with Crippen molar-refractivity contribution in [1.82, 2.24) is 9.97 Å². The van der Waals surface area contributed by atoms with Crippen LogP contribution in [0.4, 0.5) is 17.2 Å². The van der Waals surface area contributed by atoms with Crippen LogP contribution in [0.2, 0.25) is 5.02 Å². The van der Waals surface area contributed by atoms with Crippen molar-refractivity contribution in [2.75, 3.05) is 17.2 Å². The first-order chi connectivity index (χ1) is 13.0. The van der Waals surface area contributed by atoms with Gasteiger partial charge in [0.15, 0.2) is 0 Å². The smallest absolute Gasteiger partial charge is 0.274 e. The first kappa shape index (κ1) is 18.7. The maximum atomic E-state index is 12.5. The molecule has 0 saturated heterocycles. The number of aryl methyl sites for hydroxylation is 1. The lowest BCUT2D eigenvalue weighted by Gasteiger charge is -2.13. The molecule has 0 unspecified atom stereocenters. The highest BCUT2D eigenvalue weighted by molar-refractivity contribution is 6.30. The van der Waals surface area contributed by atoms with E-state index in [4.69, 9.17) is 16.3 Å². The summed E-state index contributed by atoms with van der Waals surface area (Å²) in [5, 5.41) is 6.59. The van der Waals surface area contributed by atoms with E-state index in [1.807, 2.05) is 31.2 Å². The molecule has 138 valence electrons. The molecular formula is C20H19ClN4O2. The number of benzene rings is 2. The number of anilines is 3. The number of nitrogens with zero attached hydrogens (tertiary/aromatic N) is 2. The second-order valence-electron chi connectivity index (χ2n) is 5.70. The minimum atomic E-state index is -0.330. The summed E-state index contributed by atoms with van der Waals surface area (Å²) in [5.74, 6) is 1.37. The van der Waals surface area contributed by atoms with Gasteiger partial charge in [0.05, 0.1) is 12.3 Å². The van der Waals surface area contributed by atoms with Gasteiger partial charge < -0.3 is 15.4 Å². The van der Waals surface area contributed by atoms with Crippen molar-refractivity contribution in [3.63, 3.8) is 0 Å². The van der Waals surface area contributed by atoms with Crippen LogP contribution in [-0.4, -0.2) is 22.5 Å². The molecule has 27 heavy (non-hydrogen) atoms. The lowest BCUT2D eigenvalue weighted by atomic mass is 10.2. The second-order valence-corrected chi connectivity index (χ2v) is 6.14. The third-order valence-electron chi connectivity index (χ3n) is 3.62. The van der Waals surface area contributed by atoms with Crippen LogP contribution >= 0.6 is 11.6 Å². The van der Waals surface area contributed by atoms with Crippen LogP contribution in [0.5, 0.6) is 5.75 Å². The predicted molar refractivity (Wildman–Crippen MR) is 107 cm³/mol. The number of hydrogen-bond acceptors (Lipinski definition) is 5. The van der Waals surface area contributed by atoms with E-state index in [-0.39, 0.29) is 11.6 Å². The fraction of sp³-hybridized carbons (Fsp3) is 0.150. The molecule has 6 nitrogen and oxygen atoms in total. The van der Waals surface area contributed by atoms with Crippen molar-refractivity contribution in [3.8, 4) is 5.75 Å². The molecule has 0 fully saturated rings. The number of aromatic nitrogens is 2. The summed E-state index contributed by atoms with van der Waals surface area (Å²) < 4.78 is 5.61. The highest BCUT2D eigenvalue weighted by Crippen LogP contribution is 2.27. The number of rotatable bonds is 6. The molecule has 1 heterocycles. The third kappa shape index (κ3) is 4.95. The fourth-order valence-electron chi connectivity index (χ4n) is 2.47. The minimum absolute atomic E-state index is 0.258. The summed E-state index contributed by atoms with van der Waals surface area (Å²) in [4.78, 5) is 21.1. The molecule has 0 radical (unpaired) electrons. The van der Waals surface area contributed by atoms with Gasteiger partial charge in [0.25, 0.3) is 5.91 Å². The highest BCUT2D eigenvalue weighted by Gasteiger charge is 2.12. The molecule has 3 aromatic rings. The van der Waals surface area contributed by atoms with Crippen LogP contribution in [-0.2, 0) is 0 Å². The molecule has 0 atom stereocenters. The minimum Gasteiger partial charge on any atom is -0.492 e. The van der Waals surface area contributed by atoms with Gasteiger partial charge in [0.1, 0.15) is 23.1 Å². The lowest BCUT2D eigenvalue weighted by Crippen LogP contribution is -2.15. The Kier molecular flexibility index (Phi) is 5.88. The van der Waals surface area contributed by atoms with Crippen LogP contribution in [0.15, 0.2) is 54.6 Å². The van der Waals surface area contributed by atoms with Crippen LogP contribution in [0.25, 0.3) is 0 Å². The Morgan fingerprint density at radius 2 is 1.85 bits per heavy atom. The number of carbonyl (C=O) groups is 1. The number of hydrogen-bond donors (Lipinski definition) is 2. The molecular weight excluding hydrogens is 364 g/mol. The van der Waals surface area contributed by atoms with E-state index in [1.165, 1.54) is 0 Å². The second kappa shape index (κ2) is 8.51. The van der Waals surface area contributed by atoms with E-state index in [9.17, 15) is 4.79 Å². The highest BCUT2D eigenvalue weighted by atomic mass is 35.5. The Morgan fingerprint density at radius 1 is 1.11 bits per heavy atom. The zero-order valence-electron chi connectivity index (χ0n) is 15.0. The number of nitrogens with one attached hydrogen (secondary N) is 2. The molecule has 1 aromatic heterocycles. The summed E-state index contributed by atoms with van der Waals surface area (Å²) in [5.41, 5.74) is 1.66. The van der Waals surface area contributed by atoms with E-state index < -0.39 is 0 Å². The van der Waals surface area contributed by atoms with Gasteiger partial charge >= 0.3 is 0 Å². The summed E-state index contributed by atoms with van der Waals surface area (Å²) in [7, 11) is 0. The van der Waals surface area contributed by atoms with Gasteiger partial charge in [0, 0.05) is 16.8 Å². The molecule has 0 saturated carbocycles. The van der Waals surface area contributed by atoms with Crippen LogP contribution < -0.4 is 15.4 Å². The largest absolute Gasteiger partial charge is 0.492 e. The molecule has 0 bridgehead atoms. The lowest BCUT2D eigenvalue weighted by molar-refractivity contribution is 0.102. The van der Waals surface area contributed by atoms with Crippen LogP contribution in [0.1, 0.15) is 23.2 Å². The number of carbonyl (C=O) groups excluding carboxylic acids is 1. The summed E-state index contributed by atoms with van der Waals surface area (Å²) in [6.07, 6.45) is 0. The predicted octanol–water partition coefficient (Wildman–Crippen LogP) is 4.83. The maximum Gasteiger partial charge on any atom is 0.274 e. The molecule has 1 amide bonds. The first-order valence-electron chi connectivity index (χ1n) is 8.46. The topological polar surface area (TPSA) is 76.1 Å². The molecule has 2 N–H and O–H groups in total. The van der Waals surface area contributed by atoms with E-state index in [0.29, 0.717) is 34.7 Å². The third-order valence-corrected chi connectivity index (χ3v) is 3.87. The molecule has 0 aliphatic heterocycles. The summed E-state index contributed by atoms with van der Waals surface area (Å²) >= 11 is 5.87. The van der Waals surface area contributed by atoms with Gasteiger partial charge in [-0.25, -0.2) is 9.97 Å². The average Bonchev–Trinajstić information content (AvgIpc) is 2.65. The standard InChI is InChI=1S/C20H19ClN4O2/c1-3-27-18-7-5-4-6-16(18)25-19-12-17(22-13(2)23-19)20(26)24-15-10-8-14(21)9-11-15/h4-12H,3H2,1-2H3,(H,24,26)(H,22,23,25). The molecule has 0 spiro atoms. The fourth-order valence-corrected chi connectivity index (χ4v) is 2.59. The molecule has 7 heteroatoms. The molecule has 3 rings (SSSR count). The zero-order valence-corrected chi connectivity index (χ0v) is 15.7. The average molecular weight is 383 g/mol. The van der Waals surface area contributed by atoms with Crippen molar-refractivity contribution < 1.29 is 9.53 Å². The molecule has 0 aliphatic carbocycles. The van der Waals surface area contributed by atoms with Gasteiger partial charge in [-0.3, -0.25) is 4.79 Å². The monoisotopic (exact) mass is 382 g/mol. The Hall–Kier alpha value is -3.12. The zero-order chi connectivity index (χ0) is 19.2. The number of amides is 1. The van der Waals surface area contributed by atoms with Gasteiger partial charge in [-0.05, 0) is 50.2 Å². The van der Waals surface area contributed by atoms with Crippen molar-refractivity contribution in [2.45, 2.75) is 13.8 Å². The SMILES string of the molecule is CCOc1ccccc1Nc1cc(C(=O)Nc2ccc(Cl)cc2)nc(C)n1. The van der Waals surface area contributed by atoms with Gasteiger partial charge in [0.2, 0.25) is 0 Å². The normalized spacial score (nSPS) is 10.3. The maximum absolute atomic E-state index is 12.5.